The van der Waals surface area contributed by atoms with E-state index in [1.165, 1.54) is 19.2 Å². The van der Waals surface area contributed by atoms with Crippen LogP contribution in [0.5, 0.6) is 5.75 Å². The largest absolute Gasteiger partial charge is 0.508 e. The fraction of sp³-hybridized carbons (Fsp3) is 0.300. The van der Waals surface area contributed by atoms with Crippen LogP contribution in [0.25, 0.3) is 0 Å². The Morgan fingerprint density at radius 1 is 1.50 bits per heavy atom. The first-order valence-electron chi connectivity index (χ1n) is 4.20. The Labute approximate surface area is 82.3 Å². The zero-order chi connectivity index (χ0) is 10.6. The van der Waals surface area contributed by atoms with Crippen LogP contribution in [0, 0.1) is 0 Å². The molecule has 75 valence electrons. The Morgan fingerprint density at radius 3 is 2.57 bits per heavy atom. The van der Waals surface area contributed by atoms with Crippen molar-refractivity contribution in [3.05, 3.63) is 29.8 Å². The molecular weight excluding hydrogens is 182 g/mol. The molecule has 0 heterocycles. The van der Waals surface area contributed by atoms with Gasteiger partial charge in [-0.2, -0.15) is 0 Å². The molecule has 0 aliphatic heterocycles. The highest BCUT2D eigenvalue weighted by atomic mass is 16.5. The number of phenols is 1. The molecule has 1 rings (SSSR count). The smallest absolute Gasteiger partial charge is 0.324 e. The van der Waals surface area contributed by atoms with E-state index in [4.69, 9.17) is 10.8 Å². The fourth-order valence-corrected chi connectivity index (χ4v) is 1.09. The average Bonchev–Trinajstić information content (AvgIpc) is 2.20. The summed E-state index contributed by atoms with van der Waals surface area (Å²) >= 11 is 0. The van der Waals surface area contributed by atoms with Crippen LogP contribution in [0.15, 0.2) is 24.3 Å². The van der Waals surface area contributed by atoms with Crippen LogP contribution < -0.4 is 5.73 Å². The molecule has 1 aromatic rings. The van der Waals surface area contributed by atoms with Crippen LogP contribution in [-0.4, -0.2) is 24.2 Å². The molecule has 0 unspecified atom stereocenters. The second-order valence-electron chi connectivity index (χ2n) is 2.95. The second kappa shape index (κ2) is 4.62. The zero-order valence-corrected chi connectivity index (χ0v) is 7.86. The third-order valence-electron chi connectivity index (χ3n) is 1.86. The maximum absolute atomic E-state index is 10.9. The van der Waals surface area contributed by atoms with Crippen molar-refractivity contribution in [1.82, 2.24) is 5.73 Å². The van der Waals surface area contributed by atoms with Crippen molar-refractivity contribution < 1.29 is 14.6 Å². The predicted molar refractivity (Wildman–Crippen MR) is 50.7 cm³/mol. The third kappa shape index (κ3) is 2.74. The number of methoxy groups -OCH3 is 1. The van der Waals surface area contributed by atoms with Crippen LogP contribution in [-0.2, 0) is 16.0 Å². The predicted octanol–water partition coefficient (Wildman–Crippen LogP) is 0.759. The van der Waals surface area contributed by atoms with Gasteiger partial charge in [-0.25, -0.2) is 5.73 Å². The molecule has 14 heavy (non-hydrogen) atoms. The van der Waals surface area contributed by atoms with E-state index >= 15 is 0 Å². The van der Waals surface area contributed by atoms with Gasteiger partial charge in [0.15, 0.2) is 0 Å². The lowest BCUT2D eigenvalue weighted by Crippen LogP contribution is -2.25. The van der Waals surface area contributed by atoms with Gasteiger partial charge in [-0.1, -0.05) is 12.1 Å². The van der Waals surface area contributed by atoms with Gasteiger partial charge in [0.05, 0.1) is 7.11 Å². The number of benzene rings is 1. The molecule has 2 N–H and O–H groups in total. The number of nitrogens with one attached hydrogen (secondary N) is 1. The monoisotopic (exact) mass is 194 g/mol. The Hall–Kier alpha value is -1.55. The molecule has 0 saturated carbocycles. The van der Waals surface area contributed by atoms with E-state index < -0.39 is 12.0 Å². The van der Waals surface area contributed by atoms with Crippen molar-refractivity contribution in [3.63, 3.8) is 0 Å². The fourth-order valence-electron chi connectivity index (χ4n) is 1.09. The second-order valence-corrected chi connectivity index (χ2v) is 2.95. The molecule has 1 aromatic carbocycles. The molecule has 0 aliphatic carbocycles. The van der Waals surface area contributed by atoms with Crippen molar-refractivity contribution in [1.29, 1.82) is 0 Å². The average molecular weight is 194 g/mol. The maximum atomic E-state index is 10.9. The van der Waals surface area contributed by atoms with Gasteiger partial charge in [-0.05, 0) is 24.1 Å². The molecule has 0 bridgehead atoms. The van der Waals surface area contributed by atoms with Gasteiger partial charge < -0.3 is 9.84 Å². The summed E-state index contributed by atoms with van der Waals surface area (Å²) in [6.45, 7) is 0. The SMILES string of the molecule is COC(=O)[C@H]([NH])Cc1ccc(O)cc1. The Balaban J connectivity index is 2.60. The lowest BCUT2D eigenvalue weighted by molar-refractivity contribution is -0.142. The number of hydrogen-bond donors (Lipinski definition) is 1. The summed E-state index contributed by atoms with van der Waals surface area (Å²) in [5.74, 6) is -0.369. The number of phenolic OH excluding ortho intramolecular Hbond substituents is 1. The standard InChI is InChI=1S/C10H12NO3/c1-14-10(13)9(11)6-7-2-4-8(12)5-3-7/h2-5,9,11-12H,6H2,1H3/t9-/m1/s1. The highest BCUT2D eigenvalue weighted by molar-refractivity contribution is 5.75. The number of ether oxygens (including phenoxy) is 1. The van der Waals surface area contributed by atoms with E-state index in [9.17, 15) is 4.79 Å². The van der Waals surface area contributed by atoms with Gasteiger partial charge in [-0.3, -0.25) is 4.79 Å². The molecule has 4 heteroatoms. The molecule has 0 aromatic heterocycles. The van der Waals surface area contributed by atoms with Crippen LogP contribution in [0.3, 0.4) is 0 Å². The van der Waals surface area contributed by atoms with E-state index in [0.29, 0.717) is 6.42 Å². The van der Waals surface area contributed by atoms with Gasteiger partial charge in [0.2, 0.25) is 0 Å². The summed E-state index contributed by atoms with van der Waals surface area (Å²) in [6, 6.07) is 5.52. The highest BCUT2D eigenvalue weighted by Gasteiger charge is 2.14. The minimum absolute atomic E-state index is 0.174. The molecule has 0 aliphatic rings. The van der Waals surface area contributed by atoms with E-state index in [2.05, 4.69) is 4.74 Å². The highest BCUT2D eigenvalue weighted by Crippen LogP contribution is 2.11. The number of hydrogen-bond acceptors (Lipinski definition) is 3. The zero-order valence-electron chi connectivity index (χ0n) is 7.86. The topological polar surface area (TPSA) is 70.3 Å². The molecule has 0 fully saturated rings. The first-order valence-corrected chi connectivity index (χ1v) is 4.20. The van der Waals surface area contributed by atoms with Gasteiger partial charge in [0, 0.05) is 0 Å². The van der Waals surface area contributed by atoms with E-state index in [1.807, 2.05) is 0 Å². The number of carbonyl (C=O) groups is 1. The quantitative estimate of drug-likeness (QED) is 0.722. The van der Waals surface area contributed by atoms with Crippen molar-refractivity contribution in [2.45, 2.75) is 12.5 Å². The Morgan fingerprint density at radius 2 is 2.07 bits per heavy atom. The van der Waals surface area contributed by atoms with Crippen LogP contribution in [0.2, 0.25) is 0 Å². The Kier molecular flexibility index (Phi) is 3.48. The van der Waals surface area contributed by atoms with Gasteiger partial charge in [-0.15, -0.1) is 0 Å². The summed E-state index contributed by atoms with van der Waals surface area (Å²) in [4.78, 5) is 10.9. The van der Waals surface area contributed by atoms with E-state index in [-0.39, 0.29) is 5.75 Å². The van der Waals surface area contributed by atoms with Gasteiger partial charge >= 0.3 is 5.97 Å². The molecule has 1 radical (unpaired) electrons. The van der Waals surface area contributed by atoms with Gasteiger partial charge in [0.1, 0.15) is 11.8 Å². The van der Waals surface area contributed by atoms with Crippen LogP contribution in [0.4, 0.5) is 0 Å². The maximum Gasteiger partial charge on any atom is 0.324 e. The minimum Gasteiger partial charge on any atom is -0.508 e. The van der Waals surface area contributed by atoms with Crippen LogP contribution in [0.1, 0.15) is 5.56 Å². The summed E-state index contributed by atoms with van der Waals surface area (Å²) < 4.78 is 4.43. The number of esters is 1. The molecule has 0 spiro atoms. The Bertz CT molecular complexity index is 308. The summed E-state index contributed by atoms with van der Waals surface area (Å²) in [6.07, 6.45) is 0.299. The molecule has 0 amide bonds. The number of rotatable bonds is 3. The lowest BCUT2D eigenvalue weighted by Gasteiger charge is -2.07. The molecule has 4 nitrogen and oxygen atoms in total. The lowest BCUT2D eigenvalue weighted by atomic mass is 10.1. The third-order valence-corrected chi connectivity index (χ3v) is 1.86. The summed E-state index contributed by atoms with van der Waals surface area (Å²) in [5, 5.41) is 9.01. The normalized spacial score (nSPS) is 12.1. The molecule has 1 atom stereocenters. The van der Waals surface area contributed by atoms with Crippen molar-refractivity contribution >= 4 is 5.97 Å². The number of carbonyl (C=O) groups excluding carboxylic acids is 1. The van der Waals surface area contributed by atoms with Crippen molar-refractivity contribution in [3.8, 4) is 5.75 Å². The van der Waals surface area contributed by atoms with Crippen molar-refractivity contribution in [2.24, 2.45) is 0 Å². The van der Waals surface area contributed by atoms with Gasteiger partial charge in [0.25, 0.3) is 0 Å². The number of aromatic hydroxyl groups is 1. The molecular formula is C10H12NO3. The molecule has 0 saturated heterocycles. The van der Waals surface area contributed by atoms with Crippen molar-refractivity contribution in [2.75, 3.05) is 7.11 Å². The first-order chi connectivity index (χ1) is 6.63. The minimum atomic E-state index is -0.899. The van der Waals surface area contributed by atoms with E-state index in [1.54, 1.807) is 12.1 Å². The first kappa shape index (κ1) is 10.5. The summed E-state index contributed by atoms with van der Waals surface area (Å²) in [5.41, 5.74) is 8.26. The van der Waals surface area contributed by atoms with E-state index in [0.717, 1.165) is 5.56 Å². The summed E-state index contributed by atoms with van der Waals surface area (Å²) in [7, 11) is 1.26. The van der Waals surface area contributed by atoms with Crippen LogP contribution >= 0.6 is 0 Å².